The summed E-state index contributed by atoms with van der Waals surface area (Å²) in [6.07, 6.45) is 6.64. The van der Waals surface area contributed by atoms with Crippen molar-refractivity contribution in [1.29, 1.82) is 0 Å². The number of carbonyl (C=O) groups excluding carboxylic acids is 1. The molecule has 0 heterocycles. The van der Waals surface area contributed by atoms with Crippen molar-refractivity contribution in [3.05, 3.63) is 32.7 Å². The maximum absolute atomic E-state index is 12.2. The minimum Gasteiger partial charge on any atom is -0.490 e. The molecule has 0 atom stereocenters. The second kappa shape index (κ2) is 15.1. The van der Waals surface area contributed by atoms with Crippen molar-refractivity contribution in [2.24, 2.45) is 0 Å². The van der Waals surface area contributed by atoms with Gasteiger partial charge in [-0.1, -0.05) is 60.3 Å². The van der Waals surface area contributed by atoms with Crippen molar-refractivity contribution >= 4 is 52.3 Å². The monoisotopic (exact) mass is 483 g/mol. The van der Waals surface area contributed by atoms with Gasteiger partial charge in [-0.2, -0.15) is 0 Å². The fraction of sp³-hybridized carbons (Fsp3) is 0.571. The molecular formula is C21H29Cl4NO3. The van der Waals surface area contributed by atoms with Crippen molar-refractivity contribution in [2.45, 2.75) is 52.4 Å². The van der Waals surface area contributed by atoms with Crippen LogP contribution in [0.5, 0.6) is 11.5 Å². The highest BCUT2D eigenvalue weighted by molar-refractivity contribution is 6.55. The molecule has 0 aliphatic carbocycles. The number of amides is 1. The molecule has 1 rings (SSSR count). The maximum Gasteiger partial charge on any atom is 0.222 e. The van der Waals surface area contributed by atoms with Crippen molar-refractivity contribution in [3.63, 3.8) is 0 Å². The number of rotatable bonds is 14. The van der Waals surface area contributed by atoms with Gasteiger partial charge in [-0.25, -0.2) is 0 Å². The van der Waals surface area contributed by atoms with Crippen LogP contribution in [0.4, 0.5) is 0 Å². The summed E-state index contributed by atoms with van der Waals surface area (Å²) in [5, 5.41) is 0.747. The third kappa shape index (κ3) is 10.7. The number of carbonyl (C=O) groups is 1. The molecule has 0 aliphatic heterocycles. The van der Waals surface area contributed by atoms with Crippen LogP contribution in [-0.2, 0) is 4.79 Å². The Balaban J connectivity index is 2.37. The molecule has 0 bridgehead atoms. The summed E-state index contributed by atoms with van der Waals surface area (Å²) in [7, 11) is 0. The van der Waals surface area contributed by atoms with E-state index in [-0.39, 0.29) is 17.0 Å². The molecule has 1 aromatic carbocycles. The first-order valence-corrected chi connectivity index (χ1v) is 11.4. The first kappa shape index (κ1) is 26.2. The number of hydrogen-bond donors (Lipinski definition) is 0. The Kier molecular flexibility index (Phi) is 13.6. The Hall–Kier alpha value is -0.810. The van der Waals surface area contributed by atoms with Crippen LogP contribution in [0.3, 0.4) is 0 Å². The van der Waals surface area contributed by atoms with E-state index in [1.165, 1.54) is 6.08 Å². The highest BCUT2D eigenvalue weighted by Crippen LogP contribution is 2.37. The average molecular weight is 485 g/mol. The molecule has 0 N–H and O–H groups in total. The Morgan fingerprint density at radius 2 is 1.62 bits per heavy atom. The van der Waals surface area contributed by atoms with Gasteiger partial charge in [0, 0.05) is 31.6 Å². The second-order valence-corrected chi connectivity index (χ2v) is 8.38. The van der Waals surface area contributed by atoms with Crippen molar-refractivity contribution in [2.75, 3.05) is 26.3 Å². The first-order valence-electron chi connectivity index (χ1n) is 9.92. The zero-order valence-electron chi connectivity index (χ0n) is 17.0. The van der Waals surface area contributed by atoms with E-state index in [9.17, 15) is 4.79 Å². The Labute approximate surface area is 194 Å². The van der Waals surface area contributed by atoms with Crippen LogP contribution >= 0.6 is 46.4 Å². The lowest BCUT2D eigenvalue weighted by Gasteiger charge is -2.21. The summed E-state index contributed by atoms with van der Waals surface area (Å²) < 4.78 is 11.3. The molecule has 0 saturated heterocycles. The van der Waals surface area contributed by atoms with E-state index in [4.69, 9.17) is 55.9 Å². The lowest BCUT2D eigenvalue weighted by molar-refractivity contribution is -0.131. The fourth-order valence-corrected chi connectivity index (χ4v) is 3.45. The third-order valence-corrected chi connectivity index (χ3v) is 4.95. The summed E-state index contributed by atoms with van der Waals surface area (Å²) in [5.41, 5.74) is 0. The smallest absolute Gasteiger partial charge is 0.222 e. The van der Waals surface area contributed by atoms with E-state index in [0.29, 0.717) is 34.6 Å². The van der Waals surface area contributed by atoms with Gasteiger partial charge in [0.2, 0.25) is 5.91 Å². The predicted octanol–water partition coefficient (Wildman–Crippen LogP) is 7.28. The molecular weight excluding hydrogens is 456 g/mol. The van der Waals surface area contributed by atoms with Crippen LogP contribution in [0.25, 0.3) is 0 Å². The van der Waals surface area contributed by atoms with Gasteiger partial charge in [-0.3, -0.25) is 4.79 Å². The van der Waals surface area contributed by atoms with Crippen molar-refractivity contribution in [3.8, 4) is 11.5 Å². The molecule has 0 fully saturated rings. The Morgan fingerprint density at radius 3 is 2.17 bits per heavy atom. The number of ether oxygens (including phenoxy) is 2. The normalized spacial score (nSPS) is 10.6. The van der Waals surface area contributed by atoms with E-state index >= 15 is 0 Å². The molecule has 164 valence electrons. The Bertz CT molecular complexity index is 634. The molecule has 0 aromatic heterocycles. The SMILES string of the molecule is CCCN(CCC)C(=O)CCCCCOc1c(Cl)cc(OCC=C(Cl)Cl)cc1Cl. The summed E-state index contributed by atoms with van der Waals surface area (Å²) in [5.74, 6) is 1.17. The number of halogens is 4. The molecule has 0 aliphatic rings. The quantitative estimate of drug-likeness (QED) is 0.260. The number of unbranched alkanes of at least 4 members (excludes halogenated alkanes) is 2. The summed E-state index contributed by atoms with van der Waals surface area (Å²) >= 11 is 23.6. The molecule has 0 saturated carbocycles. The summed E-state index contributed by atoms with van der Waals surface area (Å²) in [6.45, 7) is 6.54. The molecule has 4 nitrogen and oxygen atoms in total. The van der Waals surface area contributed by atoms with Crippen molar-refractivity contribution in [1.82, 2.24) is 4.90 Å². The van der Waals surface area contributed by atoms with Gasteiger partial charge in [-0.15, -0.1) is 0 Å². The average Bonchev–Trinajstić information content (AvgIpc) is 2.65. The van der Waals surface area contributed by atoms with Crippen LogP contribution in [0.1, 0.15) is 52.4 Å². The van der Waals surface area contributed by atoms with Crippen LogP contribution in [0.15, 0.2) is 22.7 Å². The van der Waals surface area contributed by atoms with Gasteiger partial charge in [0.1, 0.15) is 16.8 Å². The van der Waals surface area contributed by atoms with Crippen molar-refractivity contribution < 1.29 is 14.3 Å². The standard InChI is InChI=1S/C21H29Cl4NO3/c1-3-10-26(11-4-2)20(27)8-6-5-7-12-29-21-17(22)14-16(15-18(21)23)28-13-9-19(24)25/h9,14-15H,3-8,10-13H2,1-2H3. The van der Waals surface area contributed by atoms with Crippen LogP contribution in [0.2, 0.25) is 10.0 Å². The molecule has 0 radical (unpaired) electrons. The van der Waals surface area contributed by atoms with Crippen LogP contribution in [0, 0.1) is 0 Å². The number of nitrogens with zero attached hydrogens (tertiary/aromatic N) is 1. The third-order valence-electron chi connectivity index (χ3n) is 4.08. The minimum absolute atomic E-state index is 0.132. The number of hydrogen-bond acceptors (Lipinski definition) is 3. The van der Waals surface area contributed by atoms with Gasteiger partial charge >= 0.3 is 0 Å². The highest BCUT2D eigenvalue weighted by Gasteiger charge is 2.12. The summed E-state index contributed by atoms with van der Waals surface area (Å²) in [4.78, 5) is 14.2. The first-order chi connectivity index (χ1) is 13.9. The van der Waals surface area contributed by atoms with Crippen LogP contribution < -0.4 is 9.47 Å². The zero-order valence-corrected chi connectivity index (χ0v) is 20.0. The number of benzene rings is 1. The van der Waals surface area contributed by atoms with Gasteiger partial charge < -0.3 is 14.4 Å². The summed E-state index contributed by atoms with van der Waals surface area (Å²) in [6, 6.07) is 3.26. The largest absolute Gasteiger partial charge is 0.490 e. The van der Waals surface area contributed by atoms with Gasteiger partial charge in [-0.05, 0) is 38.2 Å². The van der Waals surface area contributed by atoms with Gasteiger partial charge in [0.05, 0.1) is 16.7 Å². The minimum atomic E-state index is 0.132. The molecule has 8 heteroatoms. The fourth-order valence-electron chi connectivity index (χ4n) is 2.75. The van der Waals surface area contributed by atoms with E-state index in [1.54, 1.807) is 12.1 Å². The lowest BCUT2D eigenvalue weighted by Crippen LogP contribution is -2.32. The lowest BCUT2D eigenvalue weighted by atomic mass is 10.2. The van der Waals surface area contributed by atoms with E-state index in [0.717, 1.165) is 45.2 Å². The van der Waals surface area contributed by atoms with Gasteiger partial charge in [0.25, 0.3) is 0 Å². The molecule has 29 heavy (non-hydrogen) atoms. The van der Waals surface area contributed by atoms with E-state index < -0.39 is 0 Å². The molecule has 0 unspecified atom stereocenters. The van der Waals surface area contributed by atoms with E-state index in [2.05, 4.69) is 13.8 Å². The Morgan fingerprint density at radius 1 is 1.00 bits per heavy atom. The van der Waals surface area contributed by atoms with E-state index in [1.807, 2.05) is 4.90 Å². The zero-order chi connectivity index (χ0) is 21.6. The molecule has 1 aromatic rings. The predicted molar refractivity (Wildman–Crippen MR) is 123 cm³/mol. The van der Waals surface area contributed by atoms with Gasteiger partial charge in [0.15, 0.2) is 5.75 Å². The maximum atomic E-state index is 12.2. The van der Waals surface area contributed by atoms with Crippen LogP contribution in [-0.4, -0.2) is 37.1 Å². The highest BCUT2D eigenvalue weighted by atomic mass is 35.5. The topological polar surface area (TPSA) is 38.8 Å². The molecule has 0 spiro atoms. The second-order valence-electron chi connectivity index (χ2n) is 6.56. The molecule has 1 amide bonds.